The molecule has 0 saturated carbocycles. The number of H-pyrrole nitrogens is 1. The van der Waals surface area contributed by atoms with Gasteiger partial charge in [-0.25, -0.2) is 9.37 Å². The molecule has 1 unspecified atom stereocenters. The summed E-state index contributed by atoms with van der Waals surface area (Å²) in [6.45, 7) is 1.03. The summed E-state index contributed by atoms with van der Waals surface area (Å²) in [5, 5.41) is 10.7. The van der Waals surface area contributed by atoms with Gasteiger partial charge in [-0.05, 0) is 37.1 Å². The van der Waals surface area contributed by atoms with Crippen LogP contribution in [0.1, 0.15) is 42.5 Å². The minimum atomic E-state index is -0.214. The largest absolute Gasteiger partial charge is 0.307 e. The van der Waals surface area contributed by atoms with Crippen LogP contribution in [0.25, 0.3) is 0 Å². The maximum absolute atomic E-state index is 12.8. The fourth-order valence-corrected chi connectivity index (χ4v) is 2.41. The zero-order valence-corrected chi connectivity index (χ0v) is 10.7. The van der Waals surface area contributed by atoms with Crippen molar-refractivity contribution in [3.05, 3.63) is 47.3 Å². The van der Waals surface area contributed by atoms with Gasteiger partial charge in [-0.3, -0.25) is 5.10 Å². The summed E-state index contributed by atoms with van der Waals surface area (Å²) in [5.41, 5.74) is 1.03. The third-order valence-electron chi connectivity index (χ3n) is 3.46. The Labute approximate surface area is 111 Å². The van der Waals surface area contributed by atoms with Crippen LogP contribution in [-0.4, -0.2) is 21.7 Å². The third-order valence-corrected chi connectivity index (χ3v) is 3.46. The van der Waals surface area contributed by atoms with Crippen molar-refractivity contribution in [3.63, 3.8) is 0 Å². The number of rotatable bonds is 3. The summed E-state index contributed by atoms with van der Waals surface area (Å²) < 4.78 is 12.8. The first-order valence-corrected chi connectivity index (χ1v) is 6.70. The fourth-order valence-electron chi connectivity index (χ4n) is 2.41. The lowest BCUT2D eigenvalue weighted by atomic mass is 10.0. The van der Waals surface area contributed by atoms with Crippen LogP contribution in [0.5, 0.6) is 0 Å². The molecule has 0 amide bonds. The number of piperidine rings is 1. The van der Waals surface area contributed by atoms with Crippen LogP contribution in [0.3, 0.4) is 0 Å². The number of halogens is 1. The van der Waals surface area contributed by atoms with Crippen molar-refractivity contribution in [1.29, 1.82) is 0 Å². The molecule has 100 valence electrons. The molecular formula is C14H17FN4. The predicted octanol–water partition coefficient (Wildman–Crippen LogP) is 2.35. The number of benzene rings is 1. The summed E-state index contributed by atoms with van der Waals surface area (Å²) >= 11 is 0. The number of hydrogen-bond acceptors (Lipinski definition) is 3. The smallest absolute Gasteiger partial charge is 0.167 e. The Morgan fingerprint density at radius 2 is 2.05 bits per heavy atom. The summed E-state index contributed by atoms with van der Waals surface area (Å²) in [4.78, 5) is 4.53. The molecule has 3 rings (SSSR count). The Kier molecular flexibility index (Phi) is 3.55. The monoisotopic (exact) mass is 260 g/mol. The molecule has 5 heteroatoms. The lowest BCUT2D eigenvalue weighted by Gasteiger charge is -2.20. The third kappa shape index (κ3) is 2.98. The van der Waals surface area contributed by atoms with Gasteiger partial charge >= 0.3 is 0 Å². The Morgan fingerprint density at radius 3 is 2.79 bits per heavy atom. The van der Waals surface area contributed by atoms with E-state index in [1.54, 1.807) is 12.1 Å². The fraction of sp³-hybridized carbons (Fsp3) is 0.429. The highest BCUT2D eigenvalue weighted by Crippen LogP contribution is 2.20. The minimum Gasteiger partial charge on any atom is -0.307 e. The maximum atomic E-state index is 12.8. The lowest BCUT2D eigenvalue weighted by molar-refractivity contribution is 0.398. The Balaban J connectivity index is 1.68. The Bertz CT molecular complexity index is 529. The van der Waals surface area contributed by atoms with Crippen molar-refractivity contribution in [3.8, 4) is 0 Å². The molecule has 19 heavy (non-hydrogen) atoms. The summed E-state index contributed by atoms with van der Waals surface area (Å²) in [7, 11) is 0. The van der Waals surface area contributed by atoms with E-state index in [4.69, 9.17) is 0 Å². The van der Waals surface area contributed by atoms with Crippen LogP contribution < -0.4 is 5.32 Å². The second-order valence-electron chi connectivity index (χ2n) is 4.95. The quantitative estimate of drug-likeness (QED) is 0.890. The van der Waals surface area contributed by atoms with Gasteiger partial charge in [-0.15, -0.1) is 0 Å². The van der Waals surface area contributed by atoms with E-state index in [0.717, 1.165) is 30.2 Å². The van der Waals surface area contributed by atoms with Crippen LogP contribution in [-0.2, 0) is 6.42 Å². The average molecular weight is 260 g/mol. The first-order chi connectivity index (χ1) is 9.31. The molecule has 1 saturated heterocycles. The number of hydrogen-bond donors (Lipinski definition) is 2. The van der Waals surface area contributed by atoms with Gasteiger partial charge in [0, 0.05) is 6.42 Å². The highest BCUT2D eigenvalue weighted by atomic mass is 19.1. The van der Waals surface area contributed by atoms with E-state index in [2.05, 4.69) is 20.5 Å². The highest BCUT2D eigenvalue weighted by Gasteiger charge is 2.18. The van der Waals surface area contributed by atoms with E-state index in [1.165, 1.54) is 25.0 Å². The maximum Gasteiger partial charge on any atom is 0.167 e. The van der Waals surface area contributed by atoms with Gasteiger partial charge in [0.2, 0.25) is 0 Å². The molecule has 1 aromatic carbocycles. The van der Waals surface area contributed by atoms with Gasteiger partial charge in [-0.1, -0.05) is 18.6 Å². The predicted molar refractivity (Wildman–Crippen MR) is 70.2 cm³/mol. The molecular weight excluding hydrogens is 243 g/mol. The molecule has 1 atom stereocenters. The number of aromatic nitrogens is 3. The highest BCUT2D eigenvalue weighted by molar-refractivity contribution is 5.19. The van der Waals surface area contributed by atoms with Crippen molar-refractivity contribution < 1.29 is 4.39 Å². The molecule has 1 aliphatic rings. The minimum absolute atomic E-state index is 0.214. The van der Waals surface area contributed by atoms with Crippen LogP contribution in [0, 0.1) is 5.82 Å². The second-order valence-corrected chi connectivity index (χ2v) is 4.95. The number of nitrogens with one attached hydrogen (secondary N) is 2. The Hall–Kier alpha value is -1.75. The molecule has 2 aromatic rings. The topological polar surface area (TPSA) is 53.6 Å². The van der Waals surface area contributed by atoms with Crippen molar-refractivity contribution in [2.45, 2.75) is 31.7 Å². The van der Waals surface area contributed by atoms with E-state index in [0.29, 0.717) is 6.42 Å². The molecule has 0 bridgehead atoms. The zero-order valence-electron chi connectivity index (χ0n) is 10.7. The average Bonchev–Trinajstić information content (AvgIpc) is 2.91. The molecule has 1 fully saturated rings. The van der Waals surface area contributed by atoms with Crippen molar-refractivity contribution >= 4 is 0 Å². The van der Waals surface area contributed by atoms with Gasteiger partial charge in [-0.2, -0.15) is 5.10 Å². The van der Waals surface area contributed by atoms with Gasteiger partial charge in [0.05, 0.1) is 6.04 Å². The van der Waals surface area contributed by atoms with E-state index in [-0.39, 0.29) is 11.9 Å². The van der Waals surface area contributed by atoms with Gasteiger partial charge in [0.1, 0.15) is 11.6 Å². The standard InChI is InChI=1S/C14H17FN4/c15-11-6-4-10(5-7-11)9-13-17-14(19-18-13)12-3-1-2-8-16-12/h4-7,12,16H,1-3,8-9H2,(H,17,18,19). The number of aromatic amines is 1. The van der Waals surface area contributed by atoms with E-state index in [1.807, 2.05) is 0 Å². The first kappa shape index (κ1) is 12.3. The van der Waals surface area contributed by atoms with Crippen LogP contribution in [0.2, 0.25) is 0 Å². The molecule has 0 aliphatic carbocycles. The van der Waals surface area contributed by atoms with E-state index in [9.17, 15) is 4.39 Å². The van der Waals surface area contributed by atoms with Crippen molar-refractivity contribution in [1.82, 2.24) is 20.5 Å². The number of nitrogens with zero attached hydrogens (tertiary/aromatic N) is 2. The summed E-state index contributed by atoms with van der Waals surface area (Å²) in [6, 6.07) is 6.75. The lowest BCUT2D eigenvalue weighted by Crippen LogP contribution is -2.27. The van der Waals surface area contributed by atoms with Gasteiger partial charge in [0.25, 0.3) is 0 Å². The molecule has 0 radical (unpaired) electrons. The van der Waals surface area contributed by atoms with Gasteiger partial charge in [0.15, 0.2) is 5.82 Å². The molecule has 4 nitrogen and oxygen atoms in total. The molecule has 2 N–H and O–H groups in total. The molecule has 0 spiro atoms. The molecule has 1 aliphatic heterocycles. The van der Waals surface area contributed by atoms with Gasteiger partial charge < -0.3 is 5.32 Å². The normalized spacial score (nSPS) is 19.5. The van der Waals surface area contributed by atoms with Crippen LogP contribution in [0.4, 0.5) is 4.39 Å². The zero-order chi connectivity index (χ0) is 13.1. The van der Waals surface area contributed by atoms with Crippen LogP contribution >= 0.6 is 0 Å². The van der Waals surface area contributed by atoms with E-state index < -0.39 is 0 Å². The second kappa shape index (κ2) is 5.48. The SMILES string of the molecule is Fc1ccc(Cc2nc(C3CCCCN3)n[nH]2)cc1. The molecule has 2 heterocycles. The van der Waals surface area contributed by atoms with Crippen molar-refractivity contribution in [2.24, 2.45) is 0 Å². The van der Waals surface area contributed by atoms with Crippen molar-refractivity contribution in [2.75, 3.05) is 6.54 Å². The summed E-state index contributed by atoms with van der Waals surface area (Å²) in [5.74, 6) is 1.46. The molecule has 1 aromatic heterocycles. The summed E-state index contributed by atoms with van der Waals surface area (Å²) in [6.07, 6.45) is 4.19. The Morgan fingerprint density at radius 1 is 1.21 bits per heavy atom. The first-order valence-electron chi connectivity index (χ1n) is 6.70. The van der Waals surface area contributed by atoms with Crippen LogP contribution in [0.15, 0.2) is 24.3 Å². The van der Waals surface area contributed by atoms with E-state index >= 15 is 0 Å².